The number of benzene rings is 3. The molecule has 1 atom stereocenters. The summed E-state index contributed by atoms with van der Waals surface area (Å²) in [7, 11) is 0. The molecule has 1 amide bonds. The van der Waals surface area contributed by atoms with Crippen molar-refractivity contribution >= 4 is 22.5 Å². The van der Waals surface area contributed by atoms with Gasteiger partial charge in [-0.1, -0.05) is 36.4 Å². The molecule has 4 nitrogen and oxygen atoms in total. The highest BCUT2D eigenvalue weighted by Crippen LogP contribution is 2.20. The fraction of sp³-hybridized carbons (Fsp3) is 0.250. The molecule has 0 saturated heterocycles. The first-order chi connectivity index (χ1) is 13.6. The van der Waals surface area contributed by atoms with E-state index in [1.54, 1.807) is 24.3 Å². The van der Waals surface area contributed by atoms with Gasteiger partial charge in [0.2, 0.25) is 5.91 Å². The van der Waals surface area contributed by atoms with E-state index in [4.69, 9.17) is 4.74 Å². The maximum absolute atomic E-state index is 12.3. The largest absolute Gasteiger partial charge is 0.494 e. The lowest BCUT2D eigenvalue weighted by Crippen LogP contribution is -2.26. The summed E-state index contributed by atoms with van der Waals surface area (Å²) in [5.41, 5.74) is 1.64. The average molecular weight is 375 g/mol. The molecule has 0 heterocycles. The molecular formula is C24H25NO3. The maximum Gasteiger partial charge on any atom is 0.220 e. The fourth-order valence-electron chi connectivity index (χ4n) is 3.15. The number of ether oxygens (including phenoxy) is 1. The van der Waals surface area contributed by atoms with Crippen molar-refractivity contribution in [2.24, 2.45) is 0 Å². The first-order valence-corrected chi connectivity index (χ1v) is 9.61. The topological polar surface area (TPSA) is 55.4 Å². The summed E-state index contributed by atoms with van der Waals surface area (Å²) in [5.74, 6) is 0.567. The molecule has 3 rings (SSSR count). The Morgan fingerprint density at radius 2 is 1.64 bits per heavy atom. The van der Waals surface area contributed by atoms with Crippen LogP contribution in [0.2, 0.25) is 0 Å². The third kappa shape index (κ3) is 4.97. The minimum absolute atomic E-state index is 0.0449. The quantitative estimate of drug-likeness (QED) is 0.559. The van der Waals surface area contributed by atoms with Crippen molar-refractivity contribution in [3.05, 3.63) is 77.9 Å². The summed E-state index contributed by atoms with van der Waals surface area (Å²) in [4.78, 5) is 24.6. The number of ketones is 1. The van der Waals surface area contributed by atoms with Crippen LogP contribution in [0.15, 0.2) is 66.7 Å². The minimum atomic E-state index is -0.125. The zero-order valence-corrected chi connectivity index (χ0v) is 16.3. The lowest BCUT2D eigenvalue weighted by molar-refractivity contribution is -0.121. The molecule has 1 unspecified atom stereocenters. The van der Waals surface area contributed by atoms with Gasteiger partial charge in [-0.3, -0.25) is 9.59 Å². The minimum Gasteiger partial charge on any atom is -0.494 e. The van der Waals surface area contributed by atoms with Crippen LogP contribution in [-0.4, -0.2) is 18.3 Å². The Balaban J connectivity index is 1.53. The molecule has 0 aliphatic carbocycles. The van der Waals surface area contributed by atoms with Crippen molar-refractivity contribution < 1.29 is 14.3 Å². The SMILES string of the molecule is CCOc1ccc(C(=O)CCC(=O)NC(C)c2ccc3ccccc3c2)cc1. The Morgan fingerprint density at radius 1 is 0.929 bits per heavy atom. The summed E-state index contributed by atoms with van der Waals surface area (Å²) >= 11 is 0. The Morgan fingerprint density at radius 3 is 2.36 bits per heavy atom. The predicted molar refractivity (Wildman–Crippen MR) is 112 cm³/mol. The molecule has 4 heteroatoms. The fourth-order valence-corrected chi connectivity index (χ4v) is 3.15. The zero-order valence-electron chi connectivity index (χ0n) is 16.3. The van der Waals surface area contributed by atoms with Crippen molar-refractivity contribution in [2.45, 2.75) is 32.7 Å². The number of carbonyl (C=O) groups is 2. The monoisotopic (exact) mass is 375 g/mol. The van der Waals surface area contributed by atoms with Crippen LogP contribution in [0.25, 0.3) is 10.8 Å². The van der Waals surface area contributed by atoms with Crippen LogP contribution < -0.4 is 10.1 Å². The van der Waals surface area contributed by atoms with Crippen LogP contribution in [-0.2, 0) is 4.79 Å². The smallest absolute Gasteiger partial charge is 0.220 e. The highest BCUT2D eigenvalue weighted by Gasteiger charge is 2.13. The highest BCUT2D eigenvalue weighted by molar-refractivity contribution is 5.98. The number of carbonyl (C=O) groups excluding carboxylic acids is 2. The number of fused-ring (bicyclic) bond motifs is 1. The van der Waals surface area contributed by atoms with Gasteiger partial charge < -0.3 is 10.1 Å². The van der Waals surface area contributed by atoms with Crippen molar-refractivity contribution in [3.8, 4) is 5.75 Å². The van der Waals surface area contributed by atoms with E-state index < -0.39 is 0 Å². The predicted octanol–water partition coefficient (Wildman–Crippen LogP) is 5.08. The molecule has 0 aliphatic heterocycles. The number of amides is 1. The molecule has 144 valence electrons. The molecule has 0 bridgehead atoms. The van der Waals surface area contributed by atoms with E-state index in [2.05, 4.69) is 29.6 Å². The van der Waals surface area contributed by atoms with Gasteiger partial charge in [-0.05, 0) is 60.5 Å². The molecule has 1 N–H and O–H groups in total. The van der Waals surface area contributed by atoms with E-state index in [0.717, 1.165) is 16.7 Å². The Hall–Kier alpha value is -3.14. The van der Waals surface area contributed by atoms with E-state index in [0.29, 0.717) is 12.2 Å². The second-order valence-electron chi connectivity index (χ2n) is 6.78. The Bertz CT molecular complexity index is 963. The summed E-state index contributed by atoms with van der Waals surface area (Å²) in [5, 5.41) is 5.30. The van der Waals surface area contributed by atoms with E-state index in [-0.39, 0.29) is 30.6 Å². The lowest BCUT2D eigenvalue weighted by Gasteiger charge is -2.15. The summed E-state index contributed by atoms with van der Waals surface area (Å²) in [6.45, 7) is 4.45. The van der Waals surface area contributed by atoms with E-state index in [1.807, 2.05) is 32.0 Å². The third-order valence-corrected chi connectivity index (χ3v) is 4.72. The number of hydrogen-bond donors (Lipinski definition) is 1. The van der Waals surface area contributed by atoms with Crippen LogP contribution in [0, 0.1) is 0 Å². The van der Waals surface area contributed by atoms with Gasteiger partial charge in [0.15, 0.2) is 5.78 Å². The van der Waals surface area contributed by atoms with Crippen LogP contribution in [0.1, 0.15) is 48.7 Å². The number of nitrogens with one attached hydrogen (secondary N) is 1. The van der Waals surface area contributed by atoms with Gasteiger partial charge in [0.25, 0.3) is 0 Å². The number of hydrogen-bond acceptors (Lipinski definition) is 3. The molecule has 3 aromatic rings. The Kier molecular flexibility index (Phi) is 6.43. The number of Topliss-reactive ketones (excluding diaryl/α,β-unsaturated/α-hetero) is 1. The van der Waals surface area contributed by atoms with Crippen molar-refractivity contribution in [1.82, 2.24) is 5.32 Å². The molecule has 28 heavy (non-hydrogen) atoms. The average Bonchev–Trinajstić information content (AvgIpc) is 2.72. The first-order valence-electron chi connectivity index (χ1n) is 9.61. The third-order valence-electron chi connectivity index (χ3n) is 4.72. The Labute approximate surface area is 165 Å². The van der Waals surface area contributed by atoms with Gasteiger partial charge in [-0.2, -0.15) is 0 Å². The molecule has 0 saturated carbocycles. The number of rotatable bonds is 8. The van der Waals surface area contributed by atoms with Crippen molar-refractivity contribution in [3.63, 3.8) is 0 Å². The van der Waals surface area contributed by atoms with Gasteiger partial charge in [0.1, 0.15) is 5.75 Å². The van der Waals surface area contributed by atoms with E-state index in [9.17, 15) is 9.59 Å². The van der Waals surface area contributed by atoms with Crippen LogP contribution in [0.4, 0.5) is 0 Å². The summed E-state index contributed by atoms with van der Waals surface area (Å²) in [6.07, 6.45) is 0.355. The van der Waals surface area contributed by atoms with Gasteiger partial charge >= 0.3 is 0 Å². The van der Waals surface area contributed by atoms with Gasteiger partial charge in [0.05, 0.1) is 12.6 Å². The zero-order chi connectivity index (χ0) is 19.9. The van der Waals surface area contributed by atoms with Gasteiger partial charge in [-0.25, -0.2) is 0 Å². The molecule has 0 aromatic heterocycles. The maximum atomic E-state index is 12.3. The normalized spacial score (nSPS) is 11.8. The highest BCUT2D eigenvalue weighted by atomic mass is 16.5. The molecular weight excluding hydrogens is 350 g/mol. The van der Waals surface area contributed by atoms with Crippen LogP contribution in [0.3, 0.4) is 0 Å². The second kappa shape index (κ2) is 9.18. The molecule has 0 aliphatic rings. The summed E-state index contributed by atoms with van der Waals surface area (Å²) in [6, 6.07) is 21.2. The van der Waals surface area contributed by atoms with Crippen molar-refractivity contribution in [1.29, 1.82) is 0 Å². The molecule has 0 fully saturated rings. The first kappa shape index (κ1) is 19.6. The van der Waals surface area contributed by atoms with Crippen molar-refractivity contribution in [2.75, 3.05) is 6.61 Å². The van der Waals surface area contributed by atoms with Crippen LogP contribution >= 0.6 is 0 Å². The van der Waals surface area contributed by atoms with E-state index >= 15 is 0 Å². The molecule has 0 spiro atoms. The van der Waals surface area contributed by atoms with Crippen LogP contribution in [0.5, 0.6) is 5.75 Å². The van der Waals surface area contributed by atoms with Gasteiger partial charge in [0, 0.05) is 18.4 Å². The standard InChI is InChI=1S/C24H25NO3/c1-3-28-22-12-10-19(11-13-22)23(26)14-15-24(27)25-17(2)20-9-8-18-6-4-5-7-21(18)16-20/h4-13,16-17H,3,14-15H2,1-2H3,(H,25,27). The molecule has 3 aromatic carbocycles. The van der Waals surface area contributed by atoms with E-state index in [1.165, 1.54) is 5.39 Å². The second-order valence-corrected chi connectivity index (χ2v) is 6.78. The molecule has 0 radical (unpaired) electrons. The lowest BCUT2D eigenvalue weighted by atomic mass is 10.0. The summed E-state index contributed by atoms with van der Waals surface area (Å²) < 4.78 is 5.38. The van der Waals surface area contributed by atoms with Gasteiger partial charge in [-0.15, -0.1) is 0 Å².